The van der Waals surface area contributed by atoms with Crippen LogP contribution in [0.15, 0.2) is 30.3 Å². The van der Waals surface area contributed by atoms with E-state index in [0.717, 1.165) is 25.4 Å². The maximum Gasteiger partial charge on any atom is 0.249 e. The number of fused-ring (bicyclic) bond motifs is 1. The summed E-state index contributed by atoms with van der Waals surface area (Å²) in [7, 11) is 0. The number of hydrogen-bond donors (Lipinski definition) is 1. The molecule has 1 aliphatic heterocycles. The Bertz CT molecular complexity index is 523. The van der Waals surface area contributed by atoms with Gasteiger partial charge in [0.05, 0.1) is 0 Å². The number of carbonyl (C=O) groups is 1. The number of benzene rings is 1. The standard InChI is InChI=1S/C19H25NO2/c21-19(16-11-6-12-22-16)20-18-15-10-5-4-9-14(15)17(18)13-7-2-1-3-8-13/h1-3,7-8,14-18H,4-6,9-12H2,(H,20,21)/t14?,15?,16?,17-,18-/m0/s1. The van der Waals surface area contributed by atoms with E-state index >= 15 is 0 Å². The molecular formula is C19H25NO2. The van der Waals surface area contributed by atoms with E-state index in [1.807, 2.05) is 0 Å². The highest BCUT2D eigenvalue weighted by Gasteiger charge is 2.52. The van der Waals surface area contributed by atoms with Crippen LogP contribution in [0.1, 0.15) is 50.0 Å². The van der Waals surface area contributed by atoms with E-state index in [1.54, 1.807) is 0 Å². The fraction of sp³-hybridized carbons (Fsp3) is 0.632. The minimum Gasteiger partial charge on any atom is -0.368 e. The van der Waals surface area contributed by atoms with Gasteiger partial charge in [0, 0.05) is 18.6 Å². The predicted octanol–water partition coefficient (Wildman–Crippen LogP) is 3.25. The summed E-state index contributed by atoms with van der Waals surface area (Å²) >= 11 is 0. The van der Waals surface area contributed by atoms with Crippen LogP contribution in [-0.2, 0) is 9.53 Å². The number of hydrogen-bond acceptors (Lipinski definition) is 2. The van der Waals surface area contributed by atoms with Gasteiger partial charge in [-0.1, -0.05) is 43.2 Å². The molecule has 0 radical (unpaired) electrons. The Labute approximate surface area is 132 Å². The first-order valence-electron chi connectivity index (χ1n) is 8.81. The molecule has 3 aliphatic rings. The van der Waals surface area contributed by atoms with Crippen LogP contribution in [0.2, 0.25) is 0 Å². The minimum absolute atomic E-state index is 0.118. The zero-order valence-electron chi connectivity index (χ0n) is 13.0. The van der Waals surface area contributed by atoms with Crippen molar-refractivity contribution in [3.8, 4) is 0 Å². The smallest absolute Gasteiger partial charge is 0.249 e. The van der Waals surface area contributed by atoms with E-state index in [1.165, 1.54) is 31.2 Å². The molecule has 1 aromatic carbocycles. The molecule has 0 aromatic heterocycles. The second-order valence-corrected chi connectivity index (χ2v) is 7.08. The summed E-state index contributed by atoms with van der Waals surface area (Å²) in [6.07, 6.45) is 6.92. The highest BCUT2D eigenvalue weighted by molar-refractivity contribution is 5.81. The largest absolute Gasteiger partial charge is 0.368 e. The predicted molar refractivity (Wildman–Crippen MR) is 85.5 cm³/mol. The summed E-state index contributed by atoms with van der Waals surface area (Å²) < 4.78 is 5.55. The number of nitrogens with one attached hydrogen (secondary N) is 1. The third-order valence-corrected chi connectivity index (χ3v) is 5.90. The van der Waals surface area contributed by atoms with E-state index in [9.17, 15) is 4.79 Å². The van der Waals surface area contributed by atoms with Gasteiger partial charge in [-0.25, -0.2) is 0 Å². The van der Waals surface area contributed by atoms with Gasteiger partial charge < -0.3 is 10.1 Å². The van der Waals surface area contributed by atoms with Crippen LogP contribution in [-0.4, -0.2) is 24.7 Å². The molecule has 118 valence electrons. The van der Waals surface area contributed by atoms with E-state index in [4.69, 9.17) is 4.74 Å². The Balaban J connectivity index is 1.51. The lowest BCUT2D eigenvalue weighted by Crippen LogP contribution is -2.60. The Kier molecular flexibility index (Phi) is 3.91. The summed E-state index contributed by atoms with van der Waals surface area (Å²) in [6.45, 7) is 0.733. The topological polar surface area (TPSA) is 38.3 Å². The van der Waals surface area contributed by atoms with Crippen LogP contribution in [0.3, 0.4) is 0 Å². The zero-order valence-corrected chi connectivity index (χ0v) is 13.0. The summed E-state index contributed by atoms with van der Waals surface area (Å²) in [5.41, 5.74) is 1.39. The van der Waals surface area contributed by atoms with E-state index in [0.29, 0.717) is 17.9 Å². The fourth-order valence-corrected chi connectivity index (χ4v) is 4.84. The van der Waals surface area contributed by atoms with Crippen molar-refractivity contribution in [2.75, 3.05) is 6.61 Å². The molecule has 5 atom stereocenters. The molecule has 1 saturated heterocycles. The fourth-order valence-electron chi connectivity index (χ4n) is 4.84. The van der Waals surface area contributed by atoms with Gasteiger partial charge in [-0.2, -0.15) is 0 Å². The van der Waals surface area contributed by atoms with Gasteiger partial charge in [-0.3, -0.25) is 4.79 Å². The van der Waals surface area contributed by atoms with Gasteiger partial charge in [0.25, 0.3) is 0 Å². The minimum atomic E-state index is -0.209. The first-order valence-corrected chi connectivity index (χ1v) is 8.81. The van der Waals surface area contributed by atoms with Crippen LogP contribution in [0, 0.1) is 11.8 Å². The Morgan fingerprint density at radius 1 is 1.00 bits per heavy atom. The monoisotopic (exact) mass is 299 g/mol. The lowest BCUT2D eigenvalue weighted by Gasteiger charge is -2.55. The van der Waals surface area contributed by atoms with Crippen LogP contribution in [0.4, 0.5) is 0 Å². The van der Waals surface area contributed by atoms with Gasteiger partial charge in [0.15, 0.2) is 0 Å². The molecular weight excluding hydrogens is 274 g/mol. The van der Waals surface area contributed by atoms with Crippen molar-refractivity contribution in [3.05, 3.63) is 35.9 Å². The van der Waals surface area contributed by atoms with E-state index in [-0.39, 0.29) is 12.0 Å². The van der Waals surface area contributed by atoms with Crippen molar-refractivity contribution in [1.82, 2.24) is 5.32 Å². The molecule has 0 spiro atoms. The van der Waals surface area contributed by atoms with Crippen molar-refractivity contribution < 1.29 is 9.53 Å². The Morgan fingerprint density at radius 2 is 1.77 bits per heavy atom. The third kappa shape index (κ3) is 2.45. The first-order chi connectivity index (χ1) is 10.8. The van der Waals surface area contributed by atoms with Crippen LogP contribution in [0.5, 0.6) is 0 Å². The van der Waals surface area contributed by atoms with Crippen molar-refractivity contribution >= 4 is 5.91 Å². The quantitative estimate of drug-likeness (QED) is 0.930. The molecule has 3 fully saturated rings. The molecule has 22 heavy (non-hydrogen) atoms. The van der Waals surface area contributed by atoms with Crippen LogP contribution in [0.25, 0.3) is 0 Å². The van der Waals surface area contributed by atoms with Crippen LogP contribution >= 0.6 is 0 Å². The number of carbonyl (C=O) groups excluding carboxylic acids is 1. The van der Waals surface area contributed by atoms with Crippen molar-refractivity contribution in [2.45, 2.75) is 56.6 Å². The SMILES string of the molecule is O=C(N[C@H]1C2CCCCC2[C@@H]1c1ccccc1)C1CCCO1. The number of ether oxygens (including phenoxy) is 1. The van der Waals surface area contributed by atoms with Gasteiger partial charge in [-0.05, 0) is 43.1 Å². The van der Waals surface area contributed by atoms with E-state index < -0.39 is 0 Å². The zero-order chi connectivity index (χ0) is 14.9. The van der Waals surface area contributed by atoms with E-state index in [2.05, 4.69) is 35.6 Å². The molecule has 0 bridgehead atoms. The summed E-state index contributed by atoms with van der Waals surface area (Å²) in [5.74, 6) is 2.04. The summed E-state index contributed by atoms with van der Waals surface area (Å²) in [6, 6.07) is 11.1. The second kappa shape index (κ2) is 6.04. The number of amides is 1. The molecule has 1 amide bonds. The van der Waals surface area contributed by atoms with Crippen molar-refractivity contribution in [1.29, 1.82) is 0 Å². The molecule has 2 aliphatic carbocycles. The van der Waals surface area contributed by atoms with Crippen molar-refractivity contribution in [2.24, 2.45) is 11.8 Å². The summed E-state index contributed by atoms with van der Waals surface area (Å²) in [4.78, 5) is 12.5. The first kappa shape index (κ1) is 14.3. The Morgan fingerprint density at radius 3 is 2.50 bits per heavy atom. The Hall–Kier alpha value is -1.35. The van der Waals surface area contributed by atoms with Gasteiger partial charge in [0.1, 0.15) is 6.10 Å². The third-order valence-electron chi connectivity index (χ3n) is 5.90. The molecule has 3 heteroatoms. The maximum absolute atomic E-state index is 12.5. The molecule has 1 aromatic rings. The summed E-state index contributed by atoms with van der Waals surface area (Å²) in [5, 5.41) is 3.34. The highest BCUT2D eigenvalue weighted by atomic mass is 16.5. The van der Waals surface area contributed by atoms with Crippen molar-refractivity contribution in [3.63, 3.8) is 0 Å². The normalized spacial score (nSPS) is 37.2. The average Bonchev–Trinajstić information content (AvgIpc) is 3.08. The molecule has 4 rings (SSSR count). The highest BCUT2D eigenvalue weighted by Crippen LogP contribution is 2.54. The number of rotatable bonds is 3. The lowest BCUT2D eigenvalue weighted by molar-refractivity contribution is -0.133. The molecule has 1 heterocycles. The lowest BCUT2D eigenvalue weighted by atomic mass is 9.53. The van der Waals surface area contributed by atoms with Gasteiger partial charge in [0.2, 0.25) is 5.91 Å². The average molecular weight is 299 g/mol. The second-order valence-electron chi connectivity index (χ2n) is 7.08. The van der Waals surface area contributed by atoms with Gasteiger partial charge in [-0.15, -0.1) is 0 Å². The molecule has 1 N–H and O–H groups in total. The van der Waals surface area contributed by atoms with Gasteiger partial charge >= 0.3 is 0 Å². The molecule has 2 saturated carbocycles. The molecule has 3 nitrogen and oxygen atoms in total. The van der Waals surface area contributed by atoms with Crippen LogP contribution < -0.4 is 5.32 Å². The molecule has 3 unspecified atom stereocenters. The maximum atomic E-state index is 12.5.